The summed E-state index contributed by atoms with van der Waals surface area (Å²) in [6, 6.07) is 28.0. The number of aromatic nitrogens is 1. The van der Waals surface area contributed by atoms with Gasteiger partial charge in [0.1, 0.15) is 17.2 Å². The van der Waals surface area contributed by atoms with E-state index in [-0.39, 0.29) is 16.5 Å². The fourth-order valence-corrected chi connectivity index (χ4v) is 6.98. The molecule has 0 saturated carbocycles. The summed E-state index contributed by atoms with van der Waals surface area (Å²) in [4.78, 5) is 4.13. The van der Waals surface area contributed by atoms with Crippen molar-refractivity contribution in [3.63, 3.8) is 0 Å². The number of rotatable bonds is 10. The number of nitrogens with one attached hydrogen (secondary N) is 1. The van der Waals surface area contributed by atoms with Gasteiger partial charge in [0, 0.05) is 5.69 Å². The summed E-state index contributed by atoms with van der Waals surface area (Å²) in [6.07, 6.45) is 0. The second kappa shape index (κ2) is 11.0. The van der Waals surface area contributed by atoms with Crippen LogP contribution in [0.2, 0.25) is 0 Å². The number of sulfonamides is 1. The number of benzene rings is 3. The van der Waals surface area contributed by atoms with Crippen LogP contribution in [-0.2, 0) is 14.6 Å². The first-order valence-electron chi connectivity index (χ1n) is 11.0. The minimum Gasteiger partial charge on any atom is -0.497 e. The highest BCUT2D eigenvalue weighted by atomic mass is 32.2. The van der Waals surface area contributed by atoms with Crippen LogP contribution in [0.5, 0.6) is 17.2 Å². The summed E-state index contributed by atoms with van der Waals surface area (Å²) >= 11 is 0. The van der Waals surface area contributed by atoms with Gasteiger partial charge in [0.15, 0.2) is 10.8 Å². The molecular weight excluding hydrogens is 499 g/mol. The van der Waals surface area contributed by atoms with Crippen molar-refractivity contribution in [1.82, 2.24) is 9.71 Å². The van der Waals surface area contributed by atoms with Crippen LogP contribution in [0.25, 0.3) is 0 Å². The van der Waals surface area contributed by atoms with Crippen LogP contribution in [0, 0.1) is 6.92 Å². The van der Waals surface area contributed by atoms with Crippen molar-refractivity contribution in [2.45, 2.75) is 17.7 Å². The maximum absolute atomic E-state index is 14.6. The third-order valence-electron chi connectivity index (χ3n) is 5.10. The molecular formula is C26H25N2O6PS. The van der Waals surface area contributed by atoms with Gasteiger partial charge < -0.3 is 13.8 Å². The molecule has 0 aliphatic carbocycles. The van der Waals surface area contributed by atoms with Crippen molar-refractivity contribution in [3.05, 3.63) is 114 Å². The van der Waals surface area contributed by atoms with Crippen LogP contribution < -0.4 is 18.5 Å². The van der Waals surface area contributed by atoms with Gasteiger partial charge in [-0.25, -0.2) is 18.0 Å². The maximum Gasteiger partial charge on any atom is 0.453 e. The molecule has 0 bridgehead atoms. The highest BCUT2D eigenvalue weighted by Crippen LogP contribution is 2.59. The molecule has 10 heteroatoms. The number of para-hydroxylation sites is 2. The first-order chi connectivity index (χ1) is 17.3. The molecule has 4 rings (SSSR count). The molecule has 1 N–H and O–H groups in total. The lowest BCUT2D eigenvalue weighted by molar-refractivity contribution is 0.368. The zero-order chi connectivity index (χ0) is 25.6. The quantitative estimate of drug-likeness (QED) is 0.264. The standard InChI is InChI=1S/C26H25N2O6PS/c1-20-10-9-15-25(27-20)36(30,31)28-26(21-16-18-22(32-2)19-17-21)35(29,33-23-11-5-3-6-12-23)34-24-13-7-4-8-14-24/h3-19,26,28H,1-2H3/t26-/m1/s1. The number of nitrogens with zero attached hydrogens (tertiary/aromatic N) is 1. The predicted molar refractivity (Wildman–Crippen MR) is 137 cm³/mol. The van der Waals surface area contributed by atoms with E-state index in [2.05, 4.69) is 9.71 Å². The number of hydrogen-bond donors (Lipinski definition) is 1. The van der Waals surface area contributed by atoms with Gasteiger partial charge in [-0.15, -0.1) is 0 Å². The lowest BCUT2D eigenvalue weighted by atomic mass is 10.2. The maximum atomic E-state index is 14.6. The van der Waals surface area contributed by atoms with Gasteiger partial charge >= 0.3 is 7.60 Å². The van der Waals surface area contributed by atoms with Crippen molar-refractivity contribution in [2.24, 2.45) is 0 Å². The summed E-state index contributed by atoms with van der Waals surface area (Å²) in [7, 11) is -7.03. The van der Waals surface area contributed by atoms with Crippen LogP contribution in [0.1, 0.15) is 17.0 Å². The third-order valence-corrected chi connectivity index (χ3v) is 8.59. The Morgan fingerprint density at radius 1 is 0.750 bits per heavy atom. The van der Waals surface area contributed by atoms with Crippen molar-refractivity contribution in [1.29, 1.82) is 0 Å². The summed E-state index contributed by atoms with van der Waals surface area (Å²) in [6.45, 7) is 1.68. The van der Waals surface area contributed by atoms with Crippen molar-refractivity contribution < 1.29 is 26.8 Å². The number of ether oxygens (including phenoxy) is 1. The highest BCUT2D eigenvalue weighted by Gasteiger charge is 2.44. The molecule has 8 nitrogen and oxygen atoms in total. The lowest BCUT2D eigenvalue weighted by Gasteiger charge is -2.28. The minimum absolute atomic E-state index is 0.216. The van der Waals surface area contributed by atoms with E-state index in [1.165, 1.54) is 13.2 Å². The van der Waals surface area contributed by atoms with E-state index >= 15 is 0 Å². The van der Waals surface area contributed by atoms with Gasteiger partial charge in [-0.05, 0) is 61.0 Å². The molecule has 1 heterocycles. The first-order valence-corrected chi connectivity index (χ1v) is 14.1. The van der Waals surface area contributed by atoms with E-state index < -0.39 is 23.4 Å². The molecule has 0 aliphatic rings. The zero-order valence-electron chi connectivity index (χ0n) is 19.6. The molecule has 0 radical (unpaired) electrons. The minimum atomic E-state index is -4.31. The third kappa shape index (κ3) is 6.12. The number of pyridine rings is 1. The van der Waals surface area contributed by atoms with Gasteiger partial charge in [-0.1, -0.05) is 54.6 Å². The summed E-state index contributed by atoms with van der Waals surface area (Å²) in [5.74, 6) is -0.370. The Hall–Kier alpha value is -3.65. The second-order valence-corrected chi connectivity index (χ2v) is 11.4. The molecule has 0 saturated heterocycles. The second-order valence-electron chi connectivity index (χ2n) is 7.76. The molecule has 1 atom stereocenters. The normalized spacial score (nSPS) is 12.5. The van der Waals surface area contributed by atoms with Gasteiger partial charge in [0.2, 0.25) is 0 Å². The molecule has 0 amide bonds. The molecule has 3 aromatic carbocycles. The number of methoxy groups -OCH3 is 1. The summed E-state index contributed by atoms with van der Waals surface area (Å²) in [5, 5.41) is -0.216. The van der Waals surface area contributed by atoms with Crippen LogP contribution in [0.15, 0.2) is 108 Å². The lowest BCUT2D eigenvalue weighted by Crippen LogP contribution is -2.31. The number of aryl methyl sites for hydroxylation is 1. The van der Waals surface area contributed by atoms with E-state index in [1.807, 2.05) is 0 Å². The van der Waals surface area contributed by atoms with Crippen molar-refractivity contribution in [3.8, 4) is 17.2 Å². The van der Waals surface area contributed by atoms with E-state index in [9.17, 15) is 13.0 Å². The molecule has 0 unspecified atom stereocenters. The highest BCUT2D eigenvalue weighted by molar-refractivity contribution is 7.89. The Bertz CT molecular complexity index is 1400. The monoisotopic (exact) mass is 524 g/mol. The fourth-order valence-electron chi connectivity index (χ4n) is 3.36. The van der Waals surface area contributed by atoms with Crippen molar-refractivity contribution in [2.75, 3.05) is 7.11 Å². The van der Waals surface area contributed by atoms with Gasteiger partial charge in [0.05, 0.1) is 7.11 Å². The number of hydrogen-bond acceptors (Lipinski definition) is 7. The molecule has 0 aliphatic heterocycles. The van der Waals surface area contributed by atoms with Gasteiger partial charge in [-0.2, -0.15) is 4.72 Å². The molecule has 0 fully saturated rings. The topological polar surface area (TPSA) is 104 Å². The SMILES string of the molecule is COc1ccc([C@H](NS(=O)(=O)c2cccc(C)n2)P(=O)(Oc2ccccc2)Oc2ccccc2)cc1. The first kappa shape index (κ1) is 25.4. The molecule has 0 spiro atoms. The van der Waals surface area contributed by atoms with E-state index in [0.717, 1.165) is 0 Å². The van der Waals surface area contributed by atoms with Crippen molar-refractivity contribution >= 4 is 17.6 Å². The van der Waals surface area contributed by atoms with Crippen LogP contribution in [0.4, 0.5) is 0 Å². The summed E-state index contributed by atoms with van der Waals surface area (Å²) in [5.41, 5.74) is 0.866. The summed E-state index contributed by atoms with van der Waals surface area (Å²) < 4.78 is 61.0. The van der Waals surface area contributed by atoms with E-state index in [0.29, 0.717) is 17.0 Å². The Morgan fingerprint density at radius 3 is 1.81 bits per heavy atom. The molecule has 36 heavy (non-hydrogen) atoms. The fraction of sp³-hybridized carbons (Fsp3) is 0.115. The van der Waals surface area contributed by atoms with Gasteiger partial charge in [-0.3, -0.25) is 0 Å². The Balaban J connectivity index is 1.84. The average molecular weight is 525 g/mol. The Kier molecular flexibility index (Phi) is 7.74. The average Bonchev–Trinajstić information content (AvgIpc) is 2.88. The predicted octanol–water partition coefficient (Wildman–Crippen LogP) is 5.73. The van der Waals surface area contributed by atoms with Crippen LogP contribution >= 0.6 is 7.60 Å². The Morgan fingerprint density at radius 2 is 1.31 bits per heavy atom. The smallest absolute Gasteiger partial charge is 0.453 e. The van der Waals surface area contributed by atoms with E-state index in [4.69, 9.17) is 13.8 Å². The zero-order valence-corrected chi connectivity index (χ0v) is 21.4. The molecule has 4 aromatic rings. The molecule has 186 valence electrons. The Labute approximate surface area is 210 Å². The van der Waals surface area contributed by atoms with Gasteiger partial charge in [0.25, 0.3) is 10.0 Å². The van der Waals surface area contributed by atoms with Crippen LogP contribution in [-0.4, -0.2) is 20.5 Å². The van der Waals surface area contributed by atoms with Crippen LogP contribution in [0.3, 0.4) is 0 Å². The van der Waals surface area contributed by atoms with E-state index in [1.54, 1.807) is 104 Å². The molecule has 1 aromatic heterocycles. The largest absolute Gasteiger partial charge is 0.497 e.